The molecule has 1 unspecified atom stereocenters. The van der Waals surface area contributed by atoms with E-state index in [1.165, 1.54) is 0 Å². The maximum atomic E-state index is 11.7. The molecule has 0 aliphatic rings. The largest absolute Gasteiger partial charge is 0.490 e. The lowest BCUT2D eigenvalue weighted by atomic mass is 9.91. The highest BCUT2D eigenvalue weighted by Gasteiger charge is 2.21. The van der Waals surface area contributed by atoms with Crippen LogP contribution in [0.5, 0.6) is 11.5 Å². The van der Waals surface area contributed by atoms with E-state index >= 15 is 0 Å². The summed E-state index contributed by atoms with van der Waals surface area (Å²) < 4.78 is 11.2. The standard InChI is InChI=1S/C20H24O4/c1-4-23-18-11-8-15(13-19(18)24-5-2)12-17(20(21)22)16-9-6-14(3)7-10-16/h6-11,13,17H,4-5,12H2,1-3H3,(H,21,22). The lowest BCUT2D eigenvalue weighted by Gasteiger charge is -2.16. The Morgan fingerprint density at radius 1 is 1.00 bits per heavy atom. The Bertz CT molecular complexity index is 677. The minimum absolute atomic E-state index is 0.408. The number of hydrogen-bond acceptors (Lipinski definition) is 3. The van der Waals surface area contributed by atoms with Gasteiger partial charge in [0.25, 0.3) is 0 Å². The lowest BCUT2D eigenvalue weighted by molar-refractivity contribution is -0.138. The van der Waals surface area contributed by atoms with E-state index < -0.39 is 11.9 Å². The van der Waals surface area contributed by atoms with Crippen molar-refractivity contribution >= 4 is 5.97 Å². The maximum Gasteiger partial charge on any atom is 0.311 e. The van der Waals surface area contributed by atoms with Crippen molar-refractivity contribution < 1.29 is 19.4 Å². The van der Waals surface area contributed by atoms with Crippen LogP contribution in [0.4, 0.5) is 0 Å². The molecular weight excluding hydrogens is 304 g/mol. The molecule has 2 aromatic rings. The van der Waals surface area contributed by atoms with Crippen LogP contribution in [0.25, 0.3) is 0 Å². The fourth-order valence-electron chi connectivity index (χ4n) is 2.60. The topological polar surface area (TPSA) is 55.8 Å². The number of carbonyl (C=O) groups is 1. The van der Waals surface area contributed by atoms with Gasteiger partial charge in [-0.3, -0.25) is 4.79 Å². The van der Waals surface area contributed by atoms with Crippen LogP contribution in [0.2, 0.25) is 0 Å². The van der Waals surface area contributed by atoms with E-state index in [9.17, 15) is 9.90 Å². The monoisotopic (exact) mass is 328 g/mol. The summed E-state index contributed by atoms with van der Waals surface area (Å²) in [4.78, 5) is 11.7. The van der Waals surface area contributed by atoms with Crippen LogP contribution >= 0.6 is 0 Å². The molecule has 4 heteroatoms. The van der Waals surface area contributed by atoms with Gasteiger partial charge >= 0.3 is 5.97 Å². The highest BCUT2D eigenvalue weighted by molar-refractivity contribution is 5.76. The van der Waals surface area contributed by atoms with Crippen LogP contribution < -0.4 is 9.47 Å². The quantitative estimate of drug-likeness (QED) is 0.789. The molecular formula is C20H24O4. The van der Waals surface area contributed by atoms with Crippen LogP contribution in [0.15, 0.2) is 42.5 Å². The molecule has 24 heavy (non-hydrogen) atoms. The number of benzene rings is 2. The zero-order valence-electron chi connectivity index (χ0n) is 14.4. The Hall–Kier alpha value is -2.49. The van der Waals surface area contributed by atoms with Gasteiger partial charge in [0.1, 0.15) is 0 Å². The fourth-order valence-corrected chi connectivity index (χ4v) is 2.60. The van der Waals surface area contributed by atoms with Gasteiger partial charge in [-0.05, 0) is 50.5 Å². The van der Waals surface area contributed by atoms with Gasteiger partial charge in [-0.15, -0.1) is 0 Å². The average molecular weight is 328 g/mol. The Morgan fingerprint density at radius 3 is 2.21 bits per heavy atom. The minimum Gasteiger partial charge on any atom is -0.490 e. The Kier molecular flexibility index (Phi) is 6.24. The molecule has 0 saturated carbocycles. The van der Waals surface area contributed by atoms with Gasteiger partial charge in [0.05, 0.1) is 19.1 Å². The lowest BCUT2D eigenvalue weighted by Crippen LogP contribution is -2.14. The second kappa shape index (κ2) is 8.39. The molecule has 4 nitrogen and oxygen atoms in total. The zero-order valence-corrected chi connectivity index (χ0v) is 14.4. The molecule has 0 spiro atoms. The zero-order chi connectivity index (χ0) is 17.5. The second-order valence-corrected chi connectivity index (χ2v) is 5.65. The van der Waals surface area contributed by atoms with Crippen molar-refractivity contribution in [2.75, 3.05) is 13.2 Å². The summed E-state index contributed by atoms with van der Waals surface area (Å²) in [7, 11) is 0. The molecule has 0 aromatic heterocycles. The van der Waals surface area contributed by atoms with Crippen molar-refractivity contribution in [3.8, 4) is 11.5 Å². The summed E-state index contributed by atoms with van der Waals surface area (Å²) in [5, 5.41) is 9.61. The molecule has 2 rings (SSSR count). The van der Waals surface area contributed by atoms with Crippen molar-refractivity contribution in [3.63, 3.8) is 0 Å². The van der Waals surface area contributed by atoms with Gasteiger partial charge in [0.2, 0.25) is 0 Å². The van der Waals surface area contributed by atoms with Crippen molar-refractivity contribution in [2.45, 2.75) is 33.1 Å². The first-order chi connectivity index (χ1) is 11.5. The molecule has 0 aliphatic carbocycles. The fraction of sp³-hybridized carbons (Fsp3) is 0.350. The number of aliphatic carboxylic acids is 1. The van der Waals surface area contributed by atoms with Crippen molar-refractivity contribution in [1.82, 2.24) is 0 Å². The number of carboxylic acids is 1. The first-order valence-corrected chi connectivity index (χ1v) is 8.23. The first kappa shape index (κ1) is 17.9. The summed E-state index contributed by atoms with van der Waals surface area (Å²) >= 11 is 0. The van der Waals surface area contributed by atoms with Crippen molar-refractivity contribution in [2.24, 2.45) is 0 Å². The van der Waals surface area contributed by atoms with Gasteiger partial charge in [-0.1, -0.05) is 35.9 Å². The molecule has 2 aromatic carbocycles. The van der Waals surface area contributed by atoms with E-state index in [2.05, 4.69) is 0 Å². The smallest absolute Gasteiger partial charge is 0.311 e. The molecule has 0 heterocycles. The third-order valence-electron chi connectivity index (χ3n) is 3.83. The summed E-state index contributed by atoms with van der Waals surface area (Å²) in [5.41, 5.74) is 2.83. The van der Waals surface area contributed by atoms with Crippen LogP contribution in [0.1, 0.15) is 36.5 Å². The predicted octanol–water partition coefficient (Wildman–Crippen LogP) is 4.20. The SMILES string of the molecule is CCOc1ccc(CC(C(=O)O)c2ccc(C)cc2)cc1OCC. The number of rotatable bonds is 8. The third kappa shape index (κ3) is 4.51. The molecule has 128 valence electrons. The van der Waals surface area contributed by atoms with Gasteiger partial charge < -0.3 is 14.6 Å². The third-order valence-corrected chi connectivity index (χ3v) is 3.83. The minimum atomic E-state index is -0.828. The van der Waals surface area contributed by atoms with E-state index in [0.717, 1.165) is 16.7 Å². The van der Waals surface area contributed by atoms with E-state index in [-0.39, 0.29) is 0 Å². The highest BCUT2D eigenvalue weighted by atomic mass is 16.5. The van der Waals surface area contributed by atoms with Crippen LogP contribution in [0.3, 0.4) is 0 Å². The molecule has 0 aliphatic heterocycles. The van der Waals surface area contributed by atoms with Gasteiger partial charge in [0.15, 0.2) is 11.5 Å². The predicted molar refractivity (Wildman–Crippen MR) is 94.0 cm³/mol. The van der Waals surface area contributed by atoms with Crippen LogP contribution in [-0.2, 0) is 11.2 Å². The molecule has 1 atom stereocenters. The first-order valence-electron chi connectivity index (χ1n) is 8.23. The summed E-state index contributed by atoms with van der Waals surface area (Å²) in [6, 6.07) is 13.3. The maximum absolute atomic E-state index is 11.7. The van der Waals surface area contributed by atoms with Crippen LogP contribution in [-0.4, -0.2) is 24.3 Å². The van der Waals surface area contributed by atoms with Crippen LogP contribution in [0, 0.1) is 6.92 Å². The van der Waals surface area contributed by atoms with Crippen molar-refractivity contribution in [3.05, 3.63) is 59.2 Å². The van der Waals surface area contributed by atoms with E-state index in [0.29, 0.717) is 31.1 Å². The normalized spacial score (nSPS) is 11.8. The van der Waals surface area contributed by atoms with E-state index in [1.807, 2.05) is 63.2 Å². The Labute approximate surface area is 143 Å². The van der Waals surface area contributed by atoms with Crippen molar-refractivity contribution in [1.29, 1.82) is 0 Å². The molecule has 0 radical (unpaired) electrons. The Morgan fingerprint density at radius 2 is 1.62 bits per heavy atom. The molecule has 0 fully saturated rings. The highest BCUT2D eigenvalue weighted by Crippen LogP contribution is 2.31. The average Bonchev–Trinajstić information content (AvgIpc) is 2.56. The number of carboxylic acid groups (broad SMARTS) is 1. The van der Waals surface area contributed by atoms with Gasteiger partial charge in [0, 0.05) is 0 Å². The van der Waals surface area contributed by atoms with Gasteiger partial charge in [-0.25, -0.2) is 0 Å². The number of aryl methyl sites for hydroxylation is 1. The van der Waals surface area contributed by atoms with E-state index in [1.54, 1.807) is 0 Å². The summed E-state index contributed by atoms with van der Waals surface area (Å²) in [5.74, 6) is -0.0704. The molecule has 1 N–H and O–H groups in total. The Balaban J connectivity index is 2.27. The van der Waals surface area contributed by atoms with Gasteiger partial charge in [-0.2, -0.15) is 0 Å². The summed E-state index contributed by atoms with van der Waals surface area (Å²) in [6.07, 6.45) is 0.408. The molecule has 0 amide bonds. The second-order valence-electron chi connectivity index (χ2n) is 5.65. The van der Waals surface area contributed by atoms with E-state index in [4.69, 9.17) is 9.47 Å². The summed E-state index contributed by atoms with van der Waals surface area (Å²) in [6.45, 7) is 6.90. The molecule has 0 bridgehead atoms. The number of hydrogen-bond donors (Lipinski definition) is 1. The molecule has 0 saturated heterocycles. The number of ether oxygens (including phenoxy) is 2.